The van der Waals surface area contributed by atoms with Crippen LogP contribution >= 0.6 is 12.2 Å². The van der Waals surface area contributed by atoms with Gasteiger partial charge in [0.25, 0.3) is 0 Å². The van der Waals surface area contributed by atoms with Crippen LogP contribution in [0.15, 0.2) is 65.6 Å². The van der Waals surface area contributed by atoms with Gasteiger partial charge in [-0.2, -0.15) is 0 Å². The lowest BCUT2D eigenvalue weighted by Gasteiger charge is -2.17. The quantitative estimate of drug-likeness (QED) is 0.754. The van der Waals surface area contributed by atoms with Gasteiger partial charge in [0, 0.05) is 12.5 Å². The molecule has 0 amide bonds. The summed E-state index contributed by atoms with van der Waals surface area (Å²) in [6.45, 7) is 2.55. The van der Waals surface area contributed by atoms with E-state index in [1.165, 1.54) is 0 Å². The molecule has 0 saturated heterocycles. The summed E-state index contributed by atoms with van der Waals surface area (Å²) in [5.41, 5.74) is 6.10. The highest BCUT2D eigenvalue weighted by Gasteiger charge is 2.73. The van der Waals surface area contributed by atoms with Crippen molar-refractivity contribution in [3.8, 4) is 0 Å². The Labute approximate surface area is 153 Å². The van der Waals surface area contributed by atoms with E-state index in [9.17, 15) is 8.42 Å². The van der Waals surface area contributed by atoms with Gasteiger partial charge in [-0.1, -0.05) is 60.7 Å². The third-order valence-corrected chi connectivity index (χ3v) is 7.50. The zero-order valence-corrected chi connectivity index (χ0v) is 15.6. The first kappa shape index (κ1) is 18.0. The van der Waals surface area contributed by atoms with Crippen molar-refractivity contribution in [2.24, 2.45) is 11.1 Å². The van der Waals surface area contributed by atoms with Crippen molar-refractivity contribution in [2.45, 2.75) is 23.0 Å². The van der Waals surface area contributed by atoms with E-state index in [0.29, 0.717) is 6.61 Å². The summed E-state index contributed by atoms with van der Waals surface area (Å²) in [4.78, 5) is 0.481. The summed E-state index contributed by atoms with van der Waals surface area (Å²) in [6, 6.07) is 18.0. The van der Waals surface area contributed by atoms with Gasteiger partial charge in [0.05, 0.1) is 27.2 Å². The SMILES string of the molecule is CCOC[C@]1(C(N)=S)[C@H](c2ccccc2)[C@H]1S(=O)(=O)c1ccccc1. The van der Waals surface area contributed by atoms with Crippen molar-refractivity contribution in [1.29, 1.82) is 0 Å². The van der Waals surface area contributed by atoms with Gasteiger partial charge in [-0.25, -0.2) is 8.42 Å². The average molecular weight is 376 g/mol. The normalized spacial score (nSPS) is 25.5. The van der Waals surface area contributed by atoms with Crippen LogP contribution < -0.4 is 5.73 Å². The highest BCUT2D eigenvalue weighted by atomic mass is 32.2. The van der Waals surface area contributed by atoms with Gasteiger partial charge in [0.15, 0.2) is 9.84 Å². The van der Waals surface area contributed by atoms with E-state index in [1.807, 2.05) is 37.3 Å². The Bertz CT molecular complexity index is 853. The van der Waals surface area contributed by atoms with Crippen LogP contribution in [0.25, 0.3) is 0 Å². The third kappa shape index (κ3) is 2.99. The molecule has 0 radical (unpaired) electrons. The van der Waals surface area contributed by atoms with E-state index >= 15 is 0 Å². The van der Waals surface area contributed by atoms with Gasteiger partial charge in [-0.3, -0.25) is 0 Å². The highest BCUT2D eigenvalue weighted by molar-refractivity contribution is 7.92. The first-order valence-electron chi connectivity index (χ1n) is 8.17. The molecule has 0 heterocycles. The predicted octanol–water partition coefficient (Wildman–Crippen LogP) is 2.94. The van der Waals surface area contributed by atoms with E-state index in [1.54, 1.807) is 30.3 Å². The first-order chi connectivity index (χ1) is 12.0. The number of ether oxygens (including phenoxy) is 1. The fourth-order valence-electron chi connectivity index (χ4n) is 3.56. The van der Waals surface area contributed by atoms with Crippen molar-refractivity contribution >= 4 is 27.0 Å². The Hall–Kier alpha value is -1.76. The molecule has 0 bridgehead atoms. The second-order valence-corrected chi connectivity index (χ2v) is 8.72. The number of hydrogen-bond acceptors (Lipinski definition) is 4. The van der Waals surface area contributed by atoms with Gasteiger partial charge in [0.1, 0.15) is 0 Å². The fraction of sp³-hybridized carbons (Fsp3) is 0.316. The second kappa shape index (κ2) is 6.86. The molecule has 132 valence electrons. The van der Waals surface area contributed by atoms with E-state index < -0.39 is 20.5 Å². The van der Waals surface area contributed by atoms with Gasteiger partial charge in [-0.05, 0) is 24.6 Å². The van der Waals surface area contributed by atoms with Crippen molar-refractivity contribution < 1.29 is 13.2 Å². The minimum absolute atomic E-state index is 0.194. The molecule has 1 fully saturated rings. The minimum atomic E-state index is -3.59. The molecule has 1 aliphatic carbocycles. The van der Waals surface area contributed by atoms with Crippen molar-refractivity contribution in [3.05, 3.63) is 66.2 Å². The van der Waals surface area contributed by atoms with Crippen LogP contribution in [-0.4, -0.2) is 31.9 Å². The molecule has 1 aliphatic rings. The molecule has 6 heteroatoms. The van der Waals surface area contributed by atoms with Crippen LogP contribution in [0.1, 0.15) is 18.4 Å². The summed E-state index contributed by atoms with van der Waals surface area (Å²) < 4.78 is 32.2. The maximum atomic E-state index is 13.3. The maximum absolute atomic E-state index is 13.3. The Morgan fingerprint density at radius 3 is 2.20 bits per heavy atom. The zero-order valence-electron chi connectivity index (χ0n) is 14.0. The molecule has 3 rings (SSSR count). The Morgan fingerprint density at radius 2 is 1.68 bits per heavy atom. The molecule has 0 spiro atoms. The standard InChI is InChI=1S/C19H21NO3S2/c1-2-23-13-19(18(20)24)16(14-9-5-3-6-10-14)17(19)25(21,22)15-11-7-4-8-12-15/h3-12,16-17H,2,13H2,1H3,(H2,20,24)/t16-,17-,19+/m1/s1. The lowest BCUT2D eigenvalue weighted by atomic mass is 10.00. The van der Waals surface area contributed by atoms with Crippen LogP contribution in [0.3, 0.4) is 0 Å². The summed E-state index contributed by atoms with van der Waals surface area (Å²) in [6.07, 6.45) is 0. The minimum Gasteiger partial charge on any atom is -0.393 e. The van der Waals surface area contributed by atoms with Crippen LogP contribution in [0.4, 0.5) is 0 Å². The largest absolute Gasteiger partial charge is 0.393 e. The van der Waals surface area contributed by atoms with Gasteiger partial charge < -0.3 is 10.5 Å². The van der Waals surface area contributed by atoms with Crippen LogP contribution in [-0.2, 0) is 14.6 Å². The van der Waals surface area contributed by atoms with Crippen molar-refractivity contribution in [3.63, 3.8) is 0 Å². The fourth-order valence-corrected chi connectivity index (χ4v) is 6.35. The first-order valence-corrected chi connectivity index (χ1v) is 10.1. The smallest absolute Gasteiger partial charge is 0.182 e. The average Bonchev–Trinajstić information content (AvgIpc) is 3.33. The Kier molecular flexibility index (Phi) is 4.95. The summed E-state index contributed by atoms with van der Waals surface area (Å²) in [5, 5.41) is -0.714. The number of hydrogen-bond donors (Lipinski definition) is 1. The molecule has 25 heavy (non-hydrogen) atoms. The van der Waals surface area contributed by atoms with E-state index in [2.05, 4.69) is 0 Å². The van der Waals surface area contributed by atoms with Crippen LogP contribution in [0, 0.1) is 5.41 Å². The second-order valence-electron chi connectivity index (χ2n) is 6.21. The number of thiocarbonyl (C=S) groups is 1. The molecule has 2 aromatic rings. The molecule has 4 nitrogen and oxygen atoms in total. The van der Waals surface area contributed by atoms with Crippen molar-refractivity contribution in [2.75, 3.05) is 13.2 Å². The van der Waals surface area contributed by atoms with Crippen LogP contribution in [0.5, 0.6) is 0 Å². The summed E-state index contributed by atoms with van der Waals surface area (Å²) in [5.74, 6) is -0.303. The topological polar surface area (TPSA) is 69.4 Å². The van der Waals surface area contributed by atoms with E-state index in [-0.39, 0.29) is 22.4 Å². The van der Waals surface area contributed by atoms with E-state index in [0.717, 1.165) is 5.56 Å². The molecular weight excluding hydrogens is 354 g/mol. The maximum Gasteiger partial charge on any atom is 0.182 e. The molecule has 0 unspecified atom stereocenters. The van der Waals surface area contributed by atoms with Crippen molar-refractivity contribution in [1.82, 2.24) is 0 Å². The molecule has 0 aliphatic heterocycles. The number of rotatable bonds is 7. The molecule has 1 saturated carbocycles. The lowest BCUT2D eigenvalue weighted by molar-refractivity contribution is 0.121. The summed E-state index contributed by atoms with van der Waals surface area (Å²) in [7, 11) is -3.59. The molecule has 0 aromatic heterocycles. The van der Waals surface area contributed by atoms with E-state index in [4.69, 9.17) is 22.7 Å². The molecular formula is C19H21NO3S2. The zero-order chi connectivity index (χ0) is 18.1. The number of nitrogens with two attached hydrogens (primary N) is 1. The molecule has 2 aromatic carbocycles. The Morgan fingerprint density at radius 1 is 1.12 bits per heavy atom. The Balaban J connectivity index is 2.10. The predicted molar refractivity (Wildman–Crippen MR) is 102 cm³/mol. The van der Waals surface area contributed by atoms with Gasteiger partial charge in [0.2, 0.25) is 0 Å². The summed E-state index contributed by atoms with van der Waals surface area (Å²) >= 11 is 5.31. The number of sulfone groups is 1. The van der Waals surface area contributed by atoms with Gasteiger partial charge >= 0.3 is 0 Å². The highest BCUT2D eigenvalue weighted by Crippen LogP contribution is 2.64. The number of benzene rings is 2. The molecule has 3 atom stereocenters. The lowest BCUT2D eigenvalue weighted by Crippen LogP contribution is -2.33. The van der Waals surface area contributed by atoms with Crippen LogP contribution in [0.2, 0.25) is 0 Å². The van der Waals surface area contributed by atoms with Gasteiger partial charge in [-0.15, -0.1) is 0 Å². The third-order valence-electron chi connectivity index (χ3n) is 4.82. The monoisotopic (exact) mass is 375 g/mol. The molecule has 2 N–H and O–H groups in total.